The number of aliphatic imine (C=N–C) groups is 1. The van der Waals surface area contributed by atoms with E-state index in [0.717, 1.165) is 65.3 Å². The van der Waals surface area contributed by atoms with Gasteiger partial charge < -0.3 is 15.8 Å². The van der Waals surface area contributed by atoms with E-state index in [-0.39, 0.29) is 12.3 Å². The molecule has 0 saturated heterocycles. The van der Waals surface area contributed by atoms with E-state index >= 15 is 0 Å². The number of aryl methyl sites for hydroxylation is 2. The predicted octanol–water partition coefficient (Wildman–Crippen LogP) is 5.93. The van der Waals surface area contributed by atoms with Gasteiger partial charge in [-0.3, -0.25) is 14.4 Å². The van der Waals surface area contributed by atoms with Crippen LogP contribution in [0.5, 0.6) is 0 Å². The fourth-order valence-electron chi connectivity index (χ4n) is 5.11. The number of aromatic nitrogens is 3. The lowest BCUT2D eigenvalue weighted by Gasteiger charge is -2.19. The average molecular weight is 613 g/mol. The van der Waals surface area contributed by atoms with Crippen LogP contribution in [-0.4, -0.2) is 51.5 Å². The minimum atomic E-state index is -0.744. The zero-order valence-corrected chi connectivity index (χ0v) is 26.5. The minimum Gasteiger partial charge on any atom is -0.464 e. The van der Waals surface area contributed by atoms with Gasteiger partial charge in [-0.25, -0.2) is 4.79 Å². The Hall–Kier alpha value is -3.08. The van der Waals surface area contributed by atoms with Gasteiger partial charge in [0.2, 0.25) is 5.91 Å². The van der Waals surface area contributed by atoms with Crippen LogP contribution < -0.4 is 11.1 Å². The zero-order valence-electron chi connectivity index (χ0n) is 24.9. The molecule has 1 aliphatic heterocycles. The van der Waals surface area contributed by atoms with Crippen LogP contribution in [0.2, 0.25) is 5.02 Å². The van der Waals surface area contributed by atoms with E-state index in [1.54, 1.807) is 11.3 Å². The quantitative estimate of drug-likeness (QED) is 0.172. The highest BCUT2D eigenvalue weighted by Gasteiger charge is 2.33. The summed E-state index contributed by atoms with van der Waals surface area (Å²) in [5, 5.41) is 13.4. The lowest BCUT2D eigenvalue weighted by atomic mass is 9.99. The molecular weight excluding hydrogens is 572 g/mol. The highest BCUT2D eigenvalue weighted by molar-refractivity contribution is 7.15. The monoisotopic (exact) mass is 612 g/mol. The van der Waals surface area contributed by atoms with Crippen molar-refractivity contribution in [2.24, 2.45) is 10.7 Å². The molecule has 9 nitrogen and oxygen atoms in total. The number of thiophene rings is 1. The molecule has 0 bridgehead atoms. The Kier molecular flexibility index (Phi) is 11.3. The summed E-state index contributed by atoms with van der Waals surface area (Å²) in [6.07, 6.45) is 5.96. The van der Waals surface area contributed by atoms with Gasteiger partial charge in [-0.15, -0.1) is 21.5 Å². The number of carbonyl (C=O) groups is 2. The largest absolute Gasteiger partial charge is 0.464 e. The third kappa shape index (κ3) is 7.46. The van der Waals surface area contributed by atoms with Crippen LogP contribution in [0.3, 0.4) is 0 Å². The first-order chi connectivity index (χ1) is 20.2. The molecule has 0 radical (unpaired) electrons. The van der Waals surface area contributed by atoms with Crippen LogP contribution in [0.15, 0.2) is 29.3 Å². The maximum Gasteiger partial charge on any atom is 0.328 e. The molecule has 0 aliphatic carbocycles. The molecule has 0 fully saturated rings. The number of amides is 1. The summed E-state index contributed by atoms with van der Waals surface area (Å²) in [5.41, 5.74) is 9.47. The number of benzene rings is 1. The van der Waals surface area contributed by atoms with Crippen molar-refractivity contribution >= 4 is 40.5 Å². The van der Waals surface area contributed by atoms with Gasteiger partial charge >= 0.3 is 5.97 Å². The fourth-order valence-corrected chi connectivity index (χ4v) is 6.45. The number of nitrogens with two attached hydrogens (primary N) is 1. The third-order valence-electron chi connectivity index (χ3n) is 7.54. The number of halogens is 1. The number of fused-ring (bicyclic) bond motifs is 3. The fraction of sp³-hybridized carbons (Fsp3) is 0.516. The Morgan fingerprint density at radius 1 is 1.10 bits per heavy atom. The van der Waals surface area contributed by atoms with Gasteiger partial charge in [-0.05, 0) is 70.7 Å². The Morgan fingerprint density at radius 2 is 1.86 bits per heavy atom. The van der Waals surface area contributed by atoms with E-state index in [1.165, 1.54) is 4.88 Å². The summed E-state index contributed by atoms with van der Waals surface area (Å²) in [5.74, 6) is 0.602. The maximum absolute atomic E-state index is 13.5. The number of nitrogens with one attached hydrogen (secondary N) is 1. The van der Waals surface area contributed by atoms with Gasteiger partial charge in [-0.2, -0.15) is 0 Å². The van der Waals surface area contributed by atoms with E-state index in [1.807, 2.05) is 35.8 Å². The summed E-state index contributed by atoms with van der Waals surface area (Å²) < 4.78 is 7.55. The summed E-state index contributed by atoms with van der Waals surface area (Å²) in [4.78, 5) is 32.8. The van der Waals surface area contributed by atoms with Gasteiger partial charge in [-0.1, -0.05) is 49.9 Å². The smallest absolute Gasteiger partial charge is 0.328 e. The van der Waals surface area contributed by atoms with Crippen molar-refractivity contribution in [3.63, 3.8) is 0 Å². The second-order valence-electron chi connectivity index (χ2n) is 10.7. The molecule has 3 aromatic rings. The molecule has 1 amide bonds. The topological polar surface area (TPSA) is 124 Å². The molecule has 0 saturated carbocycles. The van der Waals surface area contributed by atoms with Crippen molar-refractivity contribution in [2.45, 2.75) is 91.1 Å². The molecule has 3 N–H and O–H groups in total. The Labute approximate surface area is 256 Å². The van der Waals surface area contributed by atoms with Gasteiger partial charge in [0.05, 0.1) is 18.7 Å². The number of rotatable bonds is 14. The number of nitrogens with zero attached hydrogens (tertiary/aromatic N) is 4. The van der Waals surface area contributed by atoms with Crippen LogP contribution in [-0.2, 0) is 14.3 Å². The van der Waals surface area contributed by atoms with E-state index in [4.69, 9.17) is 27.1 Å². The second-order valence-corrected chi connectivity index (χ2v) is 12.4. The molecule has 2 atom stereocenters. The Balaban J connectivity index is 1.62. The summed E-state index contributed by atoms with van der Waals surface area (Å²) in [7, 11) is 0. The first-order valence-electron chi connectivity index (χ1n) is 14.8. The zero-order chi connectivity index (χ0) is 30.2. The minimum absolute atomic E-state index is 0.000632. The van der Waals surface area contributed by atoms with E-state index in [0.29, 0.717) is 36.8 Å². The van der Waals surface area contributed by atoms with Crippen LogP contribution in [0, 0.1) is 20.8 Å². The lowest BCUT2D eigenvalue weighted by molar-refractivity contribution is -0.148. The molecule has 1 aliphatic rings. The van der Waals surface area contributed by atoms with E-state index < -0.39 is 18.1 Å². The number of hydrogen-bond acceptors (Lipinski definition) is 8. The summed E-state index contributed by atoms with van der Waals surface area (Å²) in [6.45, 7) is 9.09. The van der Waals surface area contributed by atoms with Gasteiger partial charge in [0.25, 0.3) is 0 Å². The Morgan fingerprint density at radius 3 is 2.57 bits per heavy atom. The molecular formula is C31H41ClN6O3S. The number of unbranched alkanes of at least 4 members (excludes halogenated alkanes) is 4. The average Bonchev–Trinajstić information content (AvgIpc) is 3.44. The van der Waals surface area contributed by atoms with Crippen LogP contribution in [0.4, 0.5) is 0 Å². The normalized spacial score (nSPS) is 14.9. The molecule has 0 spiro atoms. The van der Waals surface area contributed by atoms with Crippen molar-refractivity contribution in [3.05, 3.63) is 62.5 Å². The molecule has 3 heterocycles. The number of carbonyl (C=O) groups excluding carboxylic acids is 2. The van der Waals surface area contributed by atoms with Crippen molar-refractivity contribution < 1.29 is 14.3 Å². The highest BCUT2D eigenvalue weighted by atomic mass is 35.5. The number of ether oxygens (including phenoxy) is 1. The van der Waals surface area contributed by atoms with Crippen LogP contribution >= 0.6 is 22.9 Å². The standard InChI is InChI=1S/C31H41ClN6O3S/c1-5-6-7-10-17-41-31(40)24(11-8-9-16-33)34-26(39)18-25-29-37-36-21(4)38(29)30-27(19(2)20(3)42-30)28(35-25)22-12-14-23(32)15-13-22/h12-15,24-25H,5-11,16-18,33H2,1-4H3,(H,34,39)/t24-,25-/m0/s1. The van der Waals surface area contributed by atoms with Crippen molar-refractivity contribution in [1.82, 2.24) is 20.1 Å². The van der Waals surface area contributed by atoms with Crippen LogP contribution in [0.25, 0.3) is 5.00 Å². The first-order valence-corrected chi connectivity index (χ1v) is 16.0. The molecule has 0 unspecified atom stereocenters. The third-order valence-corrected chi connectivity index (χ3v) is 8.99. The van der Waals surface area contributed by atoms with Gasteiger partial charge in [0.1, 0.15) is 22.9 Å². The predicted molar refractivity (Wildman–Crippen MR) is 168 cm³/mol. The Bertz CT molecular complexity index is 1410. The molecule has 226 valence electrons. The van der Waals surface area contributed by atoms with Crippen LogP contribution in [0.1, 0.15) is 97.5 Å². The van der Waals surface area contributed by atoms with E-state index in [9.17, 15) is 9.59 Å². The summed E-state index contributed by atoms with van der Waals surface area (Å²) in [6, 6.07) is 6.20. The summed E-state index contributed by atoms with van der Waals surface area (Å²) >= 11 is 7.86. The van der Waals surface area contributed by atoms with Crippen molar-refractivity contribution in [1.29, 1.82) is 0 Å². The first kappa shape index (κ1) is 31.8. The molecule has 4 rings (SSSR count). The molecule has 11 heteroatoms. The molecule has 1 aromatic carbocycles. The molecule has 2 aromatic heterocycles. The second kappa shape index (κ2) is 14.9. The maximum atomic E-state index is 13.5. The lowest BCUT2D eigenvalue weighted by Crippen LogP contribution is -2.42. The SMILES string of the molecule is CCCCCCOC(=O)[C@H](CCCCN)NC(=O)C[C@@H]1N=C(c2ccc(Cl)cc2)c2c(sc(C)c2C)-n2c(C)nnc21. The number of hydrogen-bond donors (Lipinski definition) is 2. The highest BCUT2D eigenvalue weighted by Crippen LogP contribution is 2.39. The van der Waals surface area contributed by atoms with Gasteiger partial charge in [0, 0.05) is 21.0 Å². The number of esters is 1. The van der Waals surface area contributed by atoms with Crippen molar-refractivity contribution in [3.8, 4) is 5.00 Å². The van der Waals surface area contributed by atoms with E-state index in [2.05, 4.69) is 36.3 Å². The molecule has 42 heavy (non-hydrogen) atoms. The van der Waals surface area contributed by atoms with Crippen molar-refractivity contribution in [2.75, 3.05) is 13.2 Å². The van der Waals surface area contributed by atoms with Gasteiger partial charge in [0.15, 0.2) is 5.82 Å².